The van der Waals surface area contributed by atoms with Gasteiger partial charge in [-0.05, 0) is 80.3 Å². The molecule has 4 atom stereocenters. The van der Waals surface area contributed by atoms with Crippen LogP contribution in [0.4, 0.5) is 14.9 Å². The van der Waals surface area contributed by atoms with Crippen LogP contribution in [0.25, 0.3) is 11.1 Å². The van der Waals surface area contributed by atoms with Crippen molar-refractivity contribution >= 4 is 17.7 Å². The van der Waals surface area contributed by atoms with E-state index >= 15 is 4.39 Å². The van der Waals surface area contributed by atoms with E-state index in [1.54, 1.807) is 31.7 Å². The van der Waals surface area contributed by atoms with Crippen LogP contribution in [0.5, 0.6) is 0 Å². The van der Waals surface area contributed by atoms with Crippen LogP contribution in [0.3, 0.4) is 0 Å². The summed E-state index contributed by atoms with van der Waals surface area (Å²) in [5.41, 5.74) is 4.57. The minimum absolute atomic E-state index is 0.0222. The molecule has 8 heteroatoms. The fourth-order valence-electron chi connectivity index (χ4n) is 6.12. The van der Waals surface area contributed by atoms with Crippen molar-refractivity contribution < 1.29 is 18.7 Å². The maximum absolute atomic E-state index is 15.2. The van der Waals surface area contributed by atoms with E-state index in [-0.39, 0.29) is 24.3 Å². The summed E-state index contributed by atoms with van der Waals surface area (Å²) in [6.45, 7) is 9.45. The molecule has 39 heavy (non-hydrogen) atoms. The topological polar surface area (TPSA) is 85.7 Å². The summed E-state index contributed by atoms with van der Waals surface area (Å²) in [5.74, 6) is -0.794. The van der Waals surface area contributed by atoms with Gasteiger partial charge in [0.1, 0.15) is 23.5 Å². The molecule has 0 spiro atoms. The van der Waals surface area contributed by atoms with Gasteiger partial charge in [0.25, 0.3) is 0 Å². The summed E-state index contributed by atoms with van der Waals surface area (Å²) in [6, 6.07) is 11.5. The monoisotopic (exact) mass is 530 g/mol. The first-order valence-electron chi connectivity index (χ1n) is 13.5. The number of rotatable bonds is 5. The summed E-state index contributed by atoms with van der Waals surface area (Å²) in [4.78, 5) is 29.8. The molecule has 1 saturated carbocycles. The average molecular weight is 531 g/mol. The SMILES string of the molecule is C=C1Cc2ccc(-c3ccc(C[C@@H](C#N)NC(=O)[C@@H]4[C@H]5CC[C@H](C5)N4C(=O)OC(C)(C)C)c(F)c3)cc2N1C. The molecule has 0 unspecified atom stereocenters. The number of nitrogens with one attached hydrogen (secondary N) is 1. The van der Waals surface area contributed by atoms with Crippen molar-refractivity contribution in [2.75, 3.05) is 11.9 Å². The second-order valence-electron chi connectivity index (χ2n) is 11.9. The zero-order valence-electron chi connectivity index (χ0n) is 23.0. The molecule has 1 N–H and O–H groups in total. The number of ether oxygens (including phenoxy) is 1. The van der Waals surface area contributed by atoms with Gasteiger partial charge in [0, 0.05) is 37.3 Å². The molecule has 3 aliphatic rings. The van der Waals surface area contributed by atoms with Crippen LogP contribution in [0.2, 0.25) is 0 Å². The molecule has 2 aliphatic heterocycles. The zero-order chi connectivity index (χ0) is 28.1. The lowest BCUT2D eigenvalue weighted by Gasteiger charge is -2.35. The quantitative estimate of drug-likeness (QED) is 0.564. The summed E-state index contributed by atoms with van der Waals surface area (Å²) in [7, 11) is 1.97. The summed E-state index contributed by atoms with van der Waals surface area (Å²) in [6.07, 6.45) is 2.75. The maximum Gasteiger partial charge on any atom is 0.411 e. The van der Waals surface area contributed by atoms with Crippen molar-refractivity contribution in [3.8, 4) is 17.2 Å². The molecule has 0 aromatic heterocycles. The van der Waals surface area contributed by atoms with Crippen LogP contribution >= 0.6 is 0 Å². The first-order valence-corrected chi connectivity index (χ1v) is 13.5. The molecule has 2 aromatic carbocycles. The minimum Gasteiger partial charge on any atom is -0.444 e. The molecular formula is C31H35FN4O3. The number of fused-ring (bicyclic) bond motifs is 3. The zero-order valence-corrected chi connectivity index (χ0v) is 23.0. The van der Waals surface area contributed by atoms with Gasteiger partial charge in [-0.2, -0.15) is 5.26 Å². The smallest absolute Gasteiger partial charge is 0.411 e. The van der Waals surface area contributed by atoms with Crippen molar-refractivity contribution in [2.24, 2.45) is 5.92 Å². The van der Waals surface area contributed by atoms with Gasteiger partial charge < -0.3 is 15.0 Å². The molecule has 2 bridgehead atoms. The van der Waals surface area contributed by atoms with E-state index in [4.69, 9.17) is 4.74 Å². The summed E-state index contributed by atoms with van der Waals surface area (Å²) >= 11 is 0. The van der Waals surface area contributed by atoms with E-state index in [0.29, 0.717) is 5.56 Å². The Morgan fingerprint density at radius 2 is 1.92 bits per heavy atom. The molecule has 2 heterocycles. The highest BCUT2D eigenvalue weighted by molar-refractivity contribution is 5.87. The van der Waals surface area contributed by atoms with Crippen LogP contribution in [0.15, 0.2) is 48.7 Å². The molecule has 1 aliphatic carbocycles. The van der Waals surface area contributed by atoms with Gasteiger partial charge in [-0.3, -0.25) is 9.69 Å². The molecule has 2 fully saturated rings. The predicted molar refractivity (Wildman–Crippen MR) is 147 cm³/mol. The Bertz CT molecular complexity index is 1370. The van der Waals surface area contributed by atoms with E-state index in [1.165, 1.54) is 11.6 Å². The number of nitrogens with zero attached hydrogens (tertiary/aromatic N) is 3. The number of carbonyl (C=O) groups is 2. The number of likely N-dealkylation sites (tertiary alicyclic amines) is 1. The first-order chi connectivity index (χ1) is 18.4. The number of nitriles is 1. The fraction of sp³-hybridized carbons (Fsp3) is 0.452. The third-order valence-corrected chi connectivity index (χ3v) is 8.06. The van der Waals surface area contributed by atoms with Crippen molar-refractivity contribution in [1.82, 2.24) is 10.2 Å². The number of likely N-dealkylation sites (N-methyl/N-ethyl adjacent to an activating group) is 1. The van der Waals surface area contributed by atoms with Gasteiger partial charge >= 0.3 is 6.09 Å². The van der Waals surface area contributed by atoms with Crippen LogP contribution in [0.1, 0.15) is 51.2 Å². The molecule has 2 aromatic rings. The predicted octanol–water partition coefficient (Wildman–Crippen LogP) is 5.34. The Labute approximate surface area is 229 Å². The first kappa shape index (κ1) is 26.7. The van der Waals surface area contributed by atoms with Crippen molar-refractivity contribution in [2.45, 2.75) is 76.6 Å². The van der Waals surface area contributed by atoms with Gasteiger partial charge in [0.2, 0.25) is 5.91 Å². The maximum atomic E-state index is 15.2. The van der Waals surface area contributed by atoms with E-state index in [1.807, 2.05) is 36.2 Å². The van der Waals surface area contributed by atoms with Gasteiger partial charge in [-0.25, -0.2) is 9.18 Å². The average Bonchev–Trinajstić information content (AvgIpc) is 3.57. The van der Waals surface area contributed by atoms with E-state index in [9.17, 15) is 14.9 Å². The molecule has 2 amide bonds. The number of hydrogen-bond acceptors (Lipinski definition) is 5. The molecule has 204 valence electrons. The number of piperidine rings is 1. The normalized spacial score (nSPS) is 22.5. The van der Waals surface area contributed by atoms with Crippen LogP contribution in [0, 0.1) is 23.1 Å². The third kappa shape index (κ3) is 5.23. The van der Waals surface area contributed by atoms with Crippen LogP contribution < -0.4 is 10.2 Å². The number of benzene rings is 2. The Morgan fingerprint density at radius 1 is 1.21 bits per heavy atom. The van der Waals surface area contributed by atoms with E-state index < -0.39 is 29.6 Å². The summed E-state index contributed by atoms with van der Waals surface area (Å²) in [5, 5.41) is 12.6. The lowest BCUT2D eigenvalue weighted by atomic mass is 9.96. The fourth-order valence-corrected chi connectivity index (χ4v) is 6.12. The second-order valence-corrected chi connectivity index (χ2v) is 11.9. The van der Waals surface area contributed by atoms with Gasteiger partial charge in [-0.15, -0.1) is 0 Å². The van der Waals surface area contributed by atoms with Crippen molar-refractivity contribution in [3.63, 3.8) is 0 Å². The van der Waals surface area contributed by atoms with Crippen molar-refractivity contribution in [1.29, 1.82) is 5.26 Å². The largest absolute Gasteiger partial charge is 0.444 e. The van der Waals surface area contributed by atoms with Crippen molar-refractivity contribution in [3.05, 3.63) is 65.6 Å². The number of amides is 2. The van der Waals surface area contributed by atoms with Gasteiger partial charge in [-0.1, -0.05) is 30.8 Å². The lowest BCUT2D eigenvalue weighted by Crippen LogP contribution is -2.55. The Kier molecular flexibility index (Phi) is 6.88. The number of carbonyl (C=O) groups excluding carboxylic acids is 2. The molecule has 7 nitrogen and oxygen atoms in total. The standard InChI is InChI=1S/C31H35FN4O3/c1-18-12-22-9-7-20(16-27(22)35(18)5)19-6-8-21(26(32)15-19)13-24(17-33)34-29(37)28-23-10-11-25(14-23)36(28)30(38)39-31(2,3)4/h6-9,15-16,23-25,28H,1,10-14H2,2-5H3,(H,34,37)/t23-,24-,25+,28-/m0/s1. The highest BCUT2D eigenvalue weighted by Crippen LogP contribution is 2.43. The highest BCUT2D eigenvalue weighted by atomic mass is 19.1. The minimum atomic E-state index is -0.933. The lowest BCUT2D eigenvalue weighted by molar-refractivity contribution is -0.128. The molecular weight excluding hydrogens is 495 g/mol. The van der Waals surface area contributed by atoms with Gasteiger partial charge in [0.15, 0.2) is 0 Å². The van der Waals surface area contributed by atoms with E-state index in [2.05, 4.69) is 18.0 Å². The van der Waals surface area contributed by atoms with Crippen LogP contribution in [-0.4, -0.2) is 47.7 Å². The Morgan fingerprint density at radius 3 is 2.62 bits per heavy atom. The number of allylic oxidation sites excluding steroid dienone is 1. The third-order valence-electron chi connectivity index (χ3n) is 8.06. The Balaban J connectivity index is 1.28. The molecule has 1 saturated heterocycles. The molecule has 5 rings (SSSR count). The molecule has 0 radical (unpaired) electrons. The van der Waals surface area contributed by atoms with Gasteiger partial charge in [0.05, 0.1) is 6.07 Å². The Hall–Kier alpha value is -3.86. The number of anilines is 1. The van der Waals surface area contributed by atoms with Crippen LogP contribution in [-0.2, 0) is 22.4 Å². The van der Waals surface area contributed by atoms with E-state index in [0.717, 1.165) is 48.2 Å². The number of hydrogen-bond donors (Lipinski definition) is 1. The second kappa shape index (κ2) is 10.0. The number of halogens is 1. The highest BCUT2D eigenvalue weighted by Gasteiger charge is 2.52. The summed E-state index contributed by atoms with van der Waals surface area (Å²) < 4.78 is 20.8.